The summed E-state index contributed by atoms with van der Waals surface area (Å²) in [5, 5.41) is 4.20. The first kappa shape index (κ1) is 12.4. The van der Waals surface area contributed by atoms with Crippen molar-refractivity contribution in [3.8, 4) is 0 Å². The molecule has 0 spiro atoms. The topological polar surface area (TPSA) is 29.1 Å². The van der Waals surface area contributed by atoms with Gasteiger partial charge in [0, 0.05) is 5.69 Å². The van der Waals surface area contributed by atoms with Gasteiger partial charge in [0.15, 0.2) is 0 Å². The van der Waals surface area contributed by atoms with Crippen molar-refractivity contribution in [2.24, 2.45) is 0 Å². The van der Waals surface area contributed by atoms with Gasteiger partial charge in [-0.2, -0.15) is 0 Å². The van der Waals surface area contributed by atoms with Crippen LogP contribution in [0, 0.1) is 15.2 Å². The molecule has 0 saturated carbocycles. The van der Waals surface area contributed by atoms with Gasteiger partial charge in [-0.25, -0.2) is 8.78 Å². The third-order valence-corrected chi connectivity index (χ3v) is 3.89. The van der Waals surface area contributed by atoms with Crippen LogP contribution in [0.25, 0.3) is 0 Å². The first-order valence-corrected chi connectivity index (χ1v) is 6.53. The molecule has 0 aliphatic carbocycles. The lowest BCUT2D eigenvalue weighted by atomic mass is 10.3. The van der Waals surface area contributed by atoms with Gasteiger partial charge in [-0.05, 0) is 46.2 Å². The summed E-state index contributed by atoms with van der Waals surface area (Å²) in [6.45, 7) is 0. The molecule has 0 saturated heterocycles. The van der Waals surface area contributed by atoms with E-state index in [0.29, 0.717) is 4.88 Å². The van der Waals surface area contributed by atoms with E-state index >= 15 is 0 Å². The molecule has 17 heavy (non-hydrogen) atoms. The fourth-order valence-corrected chi connectivity index (χ4v) is 2.16. The Labute approximate surface area is 114 Å². The van der Waals surface area contributed by atoms with Gasteiger partial charge in [0.05, 0.1) is 8.45 Å². The Morgan fingerprint density at radius 1 is 1.29 bits per heavy atom. The molecule has 2 nitrogen and oxygen atoms in total. The molecule has 0 fully saturated rings. The number of halogens is 3. The molecule has 88 valence electrons. The normalized spacial score (nSPS) is 10.3. The summed E-state index contributed by atoms with van der Waals surface area (Å²) >= 11 is 2.83. The van der Waals surface area contributed by atoms with Gasteiger partial charge in [-0.1, -0.05) is 6.07 Å². The molecule has 2 aromatic rings. The molecular weight excluding hydrogens is 359 g/mol. The van der Waals surface area contributed by atoms with Gasteiger partial charge < -0.3 is 5.32 Å². The Hall–Kier alpha value is -1.02. The summed E-state index contributed by atoms with van der Waals surface area (Å²) in [6, 6.07) is 5.56. The van der Waals surface area contributed by atoms with Crippen LogP contribution in [0.1, 0.15) is 9.67 Å². The quantitative estimate of drug-likeness (QED) is 0.635. The van der Waals surface area contributed by atoms with Crippen molar-refractivity contribution < 1.29 is 13.6 Å². The second-order valence-corrected chi connectivity index (χ2v) is 5.21. The van der Waals surface area contributed by atoms with Crippen LogP contribution < -0.4 is 5.32 Å². The van der Waals surface area contributed by atoms with E-state index in [2.05, 4.69) is 5.32 Å². The molecule has 0 aliphatic rings. The fraction of sp³-hybridized carbons (Fsp3) is 0. The molecule has 1 aromatic heterocycles. The number of hydrogen-bond donors (Lipinski definition) is 1. The van der Waals surface area contributed by atoms with Crippen LogP contribution in [-0.4, -0.2) is 5.91 Å². The standard InChI is InChI=1S/C11H6F2INOS/c12-7-4-6(5-8(13)10(7)14)15-11(16)9-2-1-3-17-9/h1-5H,(H,15,16). The fourth-order valence-electron chi connectivity index (χ4n) is 1.23. The van der Waals surface area contributed by atoms with Gasteiger partial charge >= 0.3 is 0 Å². The zero-order chi connectivity index (χ0) is 12.4. The smallest absolute Gasteiger partial charge is 0.265 e. The highest BCUT2D eigenvalue weighted by atomic mass is 127. The number of benzene rings is 1. The summed E-state index contributed by atoms with van der Waals surface area (Å²) in [5.41, 5.74) is 0.110. The first-order valence-electron chi connectivity index (χ1n) is 4.57. The van der Waals surface area contributed by atoms with Gasteiger partial charge in [0.25, 0.3) is 5.91 Å². The van der Waals surface area contributed by atoms with Crippen LogP contribution in [0.15, 0.2) is 29.6 Å². The van der Waals surface area contributed by atoms with Crippen LogP contribution in [0.5, 0.6) is 0 Å². The number of anilines is 1. The highest BCUT2D eigenvalue weighted by Gasteiger charge is 2.11. The minimum absolute atomic E-state index is 0.0864. The molecule has 1 heterocycles. The number of nitrogens with one attached hydrogen (secondary N) is 1. The zero-order valence-electron chi connectivity index (χ0n) is 8.34. The van der Waals surface area contributed by atoms with E-state index in [9.17, 15) is 13.6 Å². The maximum Gasteiger partial charge on any atom is 0.265 e. The highest BCUT2D eigenvalue weighted by molar-refractivity contribution is 14.1. The van der Waals surface area contributed by atoms with Crippen molar-refractivity contribution in [2.45, 2.75) is 0 Å². The average molecular weight is 365 g/mol. The molecule has 6 heteroatoms. The summed E-state index contributed by atoms with van der Waals surface area (Å²) in [6.07, 6.45) is 0. The first-order chi connectivity index (χ1) is 8.08. The van der Waals surface area contributed by atoms with E-state index in [1.165, 1.54) is 11.3 Å². The number of thiophene rings is 1. The second-order valence-electron chi connectivity index (χ2n) is 3.19. The van der Waals surface area contributed by atoms with Crippen molar-refractivity contribution in [3.05, 3.63) is 49.7 Å². The number of carbonyl (C=O) groups excluding carboxylic acids is 1. The van der Waals surface area contributed by atoms with E-state index < -0.39 is 11.6 Å². The third kappa shape index (κ3) is 2.81. The van der Waals surface area contributed by atoms with E-state index in [1.54, 1.807) is 40.1 Å². The lowest BCUT2D eigenvalue weighted by Crippen LogP contribution is -2.10. The van der Waals surface area contributed by atoms with Crippen molar-refractivity contribution >= 4 is 45.5 Å². The monoisotopic (exact) mass is 365 g/mol. The molecule has 2 rings (SSSR count). The SMILES string of the molecule is O=C(Nc1cc(F)c(I)c(F)c1)c1cccs1. The van der Waals surface area contributed by atoms with Crippen LogP contribution in [0.4, 0.5) is 14.5 Å². The molecule has 0 unspecified atom stereocenters. The van der Waals surface area contributed by atoms with E-state index in [-0.39, 0.29) is 15.2 Å². The average Bonchev–Trinajstić information content (AvgIpc) is 2.79. The summed E-state index contributed by atoms with van der Waals surface area (Å²) in [7, 11) is 0. The van der Waals surface area contributed by atoms with Crippen molar-refractivity contribution in [2.75, 3.05) is 5.32 Å². The minimum Gasteiger partial charge on any atom is -0.321 e. The second kappa shape index (κ2) is 5.09. The molecule has 0 atom stereocenters. The number of hydrogen-bond acceptors (Lipinski definition) is 2. The van der Waals surface area contributed by atoms with Crippen LogP contribution in [0.3, 0.4) is 0 Å². The highest BCUT2D eigenvalue weighted by Crippen LogP contribution is 2.21. The number of carbonyl (C=O) groups is 1. The van der Waals surface area contributed by atoms with Gasteiger partial charge in [-0.3, -0.25) is 4.79 Å². The molecule has 1 aromatic carbocycles. The number of rotatable bonds is 2. The van der Waals surface area contributed by atoms with Crippen molar-refractivity contribution in [1.29, 1.82) is 0 Å². The van der Waals surface area contributed by atoms with Gasteiger partial charge in [0.2, 0.25) is 0 Å². The zero-order valence-corrected chi connectivity index (χ0v) is 11.3. The van der Waals surface area contributed by atoms with Crippen LogP contribution >= 0.6 is 33.9 Å². The van der Waals surface area contributed by atoms with E-state index in [4.69, 9.17) is 0 Å². The molecule has 1 amide bonds. The summed E-state index contributed by atoms with van der Waals surface area (Å²) < 4.78 is 26.4. The minimum atomic E-state index is -0.688. The lowest BCUT2D eigenvalue weighted by Gasteiger charge is -2.05. The molecule has 0 bridgehead atoms. The third-order valence-electron chi connectivity index (χ3n) is 1.99. The van der Waals surface area contributed by atoms with E-state index in [0.717, 1.165) is 12.1 Å². The maximum absolute atomic E-state index is 13.2. The molecule has 0 aliphatic heterocycles. The van der Waals surface area contributed by atoms with Crippen LogP contribution in [0.2, 0.25) is 0 Å². The van der Waals surface area contributed by atoms with Gasteiger partial charge in [0.1, 0.15) is 11.6 Å². The van der Waals surface area contributed by atoms with Gasteiger partial charge in [-0.15, -0.1) is 11.3 Å². The Bertz CT molecular complexity index is 534. The lowest BCUT2D eigenvalue weighted by molar-refractivity contribution is 0.103. The summed E-state index contributed by atoms with van der Waals surface area (Å²) in [4.78, 5) is 12.1. The Balaban J connectivity index is 2.22. The molecule has 0 radical (unpaired) electrons. The Morgan fingerprint density at radius 3 is 2.47 bits per heavy atom. The largest absolute Gasteiger partial charge is 0.321 e. The Kier molecular flexibility index (Phi) is 3.72. The molecule has 1 N–H and O–H groups in total. The van der Waals surface area contributed by atoms with Crippen molar-refractivity contribution in [1.82, 2.24) is 0 Å². The number of amides is 1. The Morgan fingerprint density at radius 2 is 1.94 bits per heavy atom. The molecular formula is C11H6F2INOS. The maximum atomic E-state index is 13.2. The summed E-state index contributed by atoms with van der Waals surface area (Å²) in [5.74, 6) is -1.75. The van der Waals surface area contributed by atoms with Crippen LogP contribution in [-0.2, 0) is 0 Å². The van der Waals surface area contributed by atoms with Crippen molar-refractivity contribution in [3.63, 3.8) is 0 Å². The van der Waals surface area contributed by atoms with E-state index in [1.807, 2.05) is 0 Å². The predicted molar refractivity (Wildman–Crippen MR) is 71.3 cm³/mol. The predicted octanol–water partition coefficient (Wildman–Crippen LogP) is 3.88.